The van der Waals surface area contributed by atoms with Crippen LogP contribution in [-0.4, -0.2) is 35.8 Å². The minimum absolute atomic E-state index is 0.0272. The third-order valence-electron chi connectivity index (χ3n) is 8.01. The Bertz CT molecular complexity index is 797. The van der Waals surface area contributed by atoms with Gasteiger partial charge in [-0.2, -0.15) is 5.10 Å². The maximum atomic E-state index is 13.3. The number of ether oxygens (including phenoxy) is 1. The van der Waals surface area contributed by atoms with Gasteiger partial charge < -0.3 is 10.1 Å². The van der Waals surface area contributed by atoms with E-state index in [1.54, 1.807) is 7.11 Å². The summed E-state index contributed by atoms with van der Waals surface area (Å²) < 4.78 is 5.41. The van der Waals surface area contributed by atoms with Crippen LogP contribution in [0.4, 0.5) is 0 Å². The van der Waals surface area contributed by atoms with Gasteiger partial charge in [0, 0.05) is 18.5 Å². The molecule has 0 aromatic heterocycles. The van der Waals surface area contributed by atoms with Gasteiger partial charge in [0.05, 0.1) is 13.2 Å². The summed E-state index contributed by atoms with van der Waals surface area (Å²) in [6.45, 7) is 7.67. The number of amides is 1. The molecule has 5 heteroatoms. The summed E-state index contributed by atoms with van der Waals surface area (Å²) in [5.41, 5.74) is 1.95. The van der Waals surface area contributed by atoms with Crippen molar-refractivity contribution >= 4 is 11.6 Å². The number of carbonyl (C=O) groups is 1. The third-order valence-corrected chi connectivity index (χ3v) is 8.01. The molecule has 1 heterocycles. The molecule has 0 radical (unpaired) electrons. The number of hydrogen-bond acceptors (Lipinski definition) is 4. The largest absolute Gasteiger partial charge is 0.497 e. The van der Waals surface area contributed by atoms with Crippen LogP contribution < -0.4 is 10.1 Å². The normalized spacial score (nSPS) is 33.1. The van der Waals surface area contributed by atoms with Crippen LogP contribution in [0.2, 0.25) is 0 Å². The Kier molecular flexibility index (Phi) is 5.34. The van der Waals surface area contributed by atoms with Crippen molar-refractivity contribution in [2.24, 2.45) is 16.4 Å². The highest BCUT2D eigenvalue weighted by Crippen LogP contribution is 2.60. The lowest BCUT2D eigenvalue weighted by molar-refractivity contribution is -0.117. The van der Waals surface area contributed by atoms with Crippen molar-refractivity contribution in [3.05, 3.63) is 29.8 Å². The van der Waals surface area contributed by atoms with Gasteiger partial charge in [-0.1, -0.05) is 32.4 Å². The summed E-state index contributed by atoms with van der Waals surface area (Å²) >= 11 is 0. The fraction of sp³-hybridized carbons (Fsp3) is 0.667. The molecule has 3 aliphatic rings. The Morgan fingerprint density at radius 2 is 2.07 bits per heavy atom. The number of nitrogens with one attached hydrogen (secondary N) is 1. The average molecular weight is 398 g/mol. The van der Waals surface area contributed by atoms with Crippen molar-refractivity contribution in [3.8, 4) is 5.75 Å². The van der Waals surface area contributed by atoms with E-state index in [1.165, 1.54) is 25.7 Å². The number of unbranched alkanes of at least 4 members (excludes halogenated alkanes) is 1. The van der Waals surface area contributed by atoms with E-state index in [0.29, 0.717) is 18.1 Å². The van der Waals surface area contributed by atoms with Gasteiger partial charge in [-0.25, -0.2) is 0 Å². The second kappa shape index (κ2) is 7.66. The van der Waals surface area contributed by atoms with Gasteiger partial charge in [-0.3, -0.25) is 9.80 Å². The Morgan fingerprint density at radius 1 is 1.31 bits per heavy atom. The molecule has 2 bridgehead atoms. The van der Waals surface area contributed by atoms with E-state index in [-0.39, 0.29) is 22.9 Å². The monoisotopic (exact) mass is 397 g/mol. The zero-order chi connectivity index (χ0) is 20.6. The predicted molar refractivity (Wildman–Crippen MR) is 116 cm³/mol. The van der Waals surface area contributed by atoms with Crippen molar-refractivity contribution in [2.45, 2.75) is 77.3 Å². The van der Waals surface area contributed by atoms with E-state index in [0.717, 1.165) is 30.7 Å². The van der Waals surface area contributed by atoms with Crippen molar-refractivity contribution in [2.75, 3.05) is 13.7 Å². The maximum Gasteiger partial charge on any atom is 0.268 e. The first-order chi connectivity index (χ1) is 13.9. The number of benzene rings is 1. The second-order valence-corrected chi connectivity index (χ2v) is 9.55. The van der Waals surface area contributed by atoms with Gasteiger partial charge in [0.15, 0.2) is 0 Å². The smallest absolute Gasteiger partial charge is 0.268 e. The molecule has 1 unspecified atom stereocenters. The molecule has 5 nitrogen and oxygen atoms in total. The number of methoxy groups -OCH3 is 1. The average Bonchev–Trinajstić information content (AvgIpc) is 3.33. The van der Waals surface area contributed by atoms with Crippen LogP contribution in [-0.2, 0) is 4.79 Å². The van der Waals surface area contributed by atoms with E-state index < -0.39 is 0 Å². The van der Waals surface area contributed by atoms with Gasteiger partial charge in [0.25, 0.3) is 5.91 Å². The quantitative estimate of drug-likeness (QED) is 0.727. The summed E-state index contributed by atoms with van der Waals surface area (Å²) in [6.07, 6.45) is 7.73. The molecule has 2 aliphatic carbocycles. The van der Waals surface area contributed by atoms with E-state index >= 15 is 0 Å². The SMILES string of the molecule is CCCCN1N=C(C(=O)N[C@@]2(C)C3CCC2(C)CC3)CC1c1cccc(OC)c1. The van der Waals surface area contributed by atoms with Crippen molar-refractivity contribution < 1.29 is 9.53 Å². The molecule has 1 aromatic carbocycles. The van der Waals surface area contributed by atoms with Crippen molar-refractivity contribution in [1.82, 2.24) is 10.3 Å². The Labute approximate surface area is 174 Å². The van der Waals surface area contributed by atoms with Gasteiger partial charge in [0.2, 0.25) is 0 Å². The van der Waals surface area contributed by atoms with Gasteiger partial charge in [-0.05, 0) is 68.1 Å². The lowest BCUT2D eigenvalue weighted by atomic mass is 9.76. The highest BCUT2D eigenvalue weighted by atomic mass is 16.5. The topological polar surface area (TPSA) is 53.9 Å². The number of hydrazone groups is 1. The first-order valence-corrected chi connectivity index (χ1v) is 11.2. The number of fused-ring (bicyclic) bond motifs is 2. The summed E-state index contributed by atoms with van der Waals surface area (Å²) in [6, 6.07) is 8.26. The molecule has 0 spiro atoms. The second-order valence-electron chi connectivity index (χ2n) is 9.55. The summed E-state index contributed by atoms with van der Waals surface area (Å²) in [7, 11) is 1.69. The highest BCUT2D eigenvalue weighted by molar-refractivity contribution is 6.39. The molecule has 4 rings (SSSR count). The molecule has 1 aliphatic heterocycles. The first-order valence-electron chi connectivity index (χ1n) is 11.2. The standard InChI is InChI=1S/C24H35N3O2/c1-5-6-14-27-21(17-8-7-9-19(15-17)29-4)16-20(26-27)22(28)25-24(3)18-10-12-23(24,2)13-11-18/h7-9,15,18,21H,5-6,10-14,16H2,1-4H3,(H,25,28)/t18?,21?,23?,24-/m0/s1. The summed E-state index contributed by atoms with van der Waals surface area (Å²) in [5, 5.41) is 10.4. The van der Waals surface area contributed by atoms with Crippen LogP contribution in [0.25, 0.3) is 0 Å². The minimum Gasteiger partial charge on any atom is -0.497 e. The van der Waals surface area contributed by atoms with Crippen molar-refractivity contribution in [3.63, 3.8) is 0 Å². The number of nitrogens with zero attached hydrogens (tertiary/aromatic N) is 2. The lowest BCUT2D eigenvalue weighted by Gasteiger charge is -2.39. The molecule has 1 aromatic rings. The molecule has 2 fully saturated rings. The summed E-state index contributed by atoms with van der Waals surface area (Å²) in [4.78, 5) is 13.3. The van der Waals surface area contributed by atoms with E-state index in [4.69, 9.17) is 9.84 Å². The predicted octanol–water partition coefficient (Wildman–Crippen LogP) is 4.68. The Hall–Kier alpha value is -2.04. The summed E-state index contributed by atoms with van der Waals surface area (Å²) in [5.74, 6) is 1.47. The van der Waals surface area contributed by atoms with E-state index in [2.05, 4.69) is 43.2 Å². The van der Waals surface area contributed by atoms with E-state index in [1.807, 2.05) is 12.1 Å². The molecule has 2 atom stereocenters. The van der Waals surface area contributed by atoms with Crippen LogP contribution >= 0.6 is 0 Å². The lowest BCUT2D eigenvalue weighted by Crippen LogP contribution is -2.55. The first kappa shape index (κ1) is 20.2. The van der Waals surface area contributed by atoms with Crippen LogP contribution in [0.1, 0.15) is 77.3 Å². The van der Waals surface area contributed by atoms with Gasteiger partial charge >= 0.3 is 0 Å². The molecule has 29 heavy (non-hydrogen) atoms. The van der Waals surface area contributed by atoms with Crippen LogP contribution in [0.15, 0.2) is 29.4 Å². The number of hydrogen-bond donors (Lipinski definition) is 1. The van der Waals surface area contributed by atoms with Gasteiger partial charge in [-0.15, -0.1) is 0 Å². The number of rotatable bonds is 7. The Balaban J connectivity index is 1.53. The molecule has 2 saturated carbocycles. The number of carbonyl (C=O) groups excluding carboxylic acids is 1. The van der Waals surface area contributed by atoms with Gasteiger partial charge in [0.1, 0.15) is 11.5 Å². The van der Waals surface area contributed by atoms with Crippen molar-refractivity contribution in [1.29, 1.82) is 0 Å². The molecule has 1 amide bonds. The molecule has 0 saturated heterocycles. The molecular formula is C24H35N3O2. The highest BCUT2D eigenvalue weighted by Gasteiger charge is 2.59. The molecule has 1 N–H and O–H groups in total. The van der Waals surface area contributed by atoms with Crippen LogP contribution in [0.5, 0.6) is 5.75 Å². The third kappa shape index (κ3) is 3.43. The van der Waals surface area contributed by atoms with E-state index in [9.17, 15) is 4.79 Å². The zero-order valence-electron chi connectivity index (χ0n) is 18.3. The van der Waals surface area contributed by atoms with Crippen LogP contribution in [0.3, 0.4) is 0 Å². The molecular weight excluding hydrogens is 362 g/mol. The fourth-order valence-electron chi connectivity index (χ4n) is 5.76. The Morgan fingerprint density at radius 3 is 2.69 bits per heavy atom. The fourth-order valence-corrected chi connectivity index (χ4v) is 5.76. The zero-order valence-corrected chi connectivity index (χ0v) is 18.3. The maximum absolute atomic E-state index is 13.3. The van der Waals surface area contributed by atoms with Crippen LogP contribution in [0, 0.1) is 11.3 Å². The minimum atomic E-state index is -0.102. The molecule has 158 valence electrons.